The molecule has 19 heavy (non-hydrogen) atoms. The molecule has 1 unspecified atom stereocenters. The Labute approximate surface area is 119 Å². The molecule has 0 aliphatic carbocycles. The summed E-state index contributed by atoms with van der Waals surface area (Å²) in [5, 5.41) is 11.6. The number of anilines is 1. The first-order valence-electron chi connectivity index (χ1n) is 6.02. The predicted octanol–water partition coefficient (Wildman–Crippen LogP) is 2.17. The quantitative estimate of drug-likeness (QED) is 0.906. The van der Waals surface area contributed by atoms with Crippen LogP contribution in [0, 0.1) is 17.1 Å². The Bertz CT molecular complexity index is 556. The standard InChI is InChI=1S/C13H13BrFN3O/c1-2-9-13(19)17-5-6-18(9)10-4-3-8(7-16)11(14)12(10)15/h3-4,9H,2,5-6H2,1H3,(H,17,19). The van der Waals surface area contributed by atoms with E-state index in [1.807, 2.05) is 13.0 Å². The zero-order valence-electron chi connectivity index (χ0n) is 10.4. The van der Waals surface area contributed by atoms with Crippen LogP contribution in [0.4, 0.5) is 10.1 Å². The molecule has 1 aromatic carbocycles. The Morgan fingerprint density at radius 2 is 2.37 bits per heavy atom. The lowest BCUT2D eigenvalue weighted by Crippen LogP contribution is -2.55. The minimum Gasteiger partial charge on any atom is -0.355 e. The van der Waals surface area contributed by atoms with Crippen LogP contribution in [0.2, 0.25) is 0 Å². The lowest BCUT2D eigenvalue weighted by molar-refractivity contribution is -0.123. The van der Waals surface area contributed by atoms with Crippen molar-refractivity contribution in [3.05, 3.63) is 28.0 Å². The fourth-order valence-corrected chi connectivity index (χ4v) is 2.68. The molecule has 100 valence electrons. The highest BCUT2D eigenvalue weighted by atomic mass is 79.9. The molecule has 0 saturated carbocycles. The number of amides is 1. The lowest BCUT2D eigenvalue weighted by atomic mass is 10.1. The summed E-state index contributed by atoms with van der Waals surface area (Å²) in [6, 6.07) is 4.66. The zero-order chi connectivity index (χ0) is 14.0. The van der Waals surface area contributed by atoms with Crippen LogP contribution in [0.5, 0.6) is 0 Å². The molecule has 1 aliphatic rings. The van der Waals surface area contributed by atoms with Gasteiger partial charge in [0.05, 0.1) is 15.7 Å². The second-order valence-electron chi connectivity index (χ2n) is 4.28. The van der Waals surface area contributed by atoms with Crippen molar-refractivity contribution >= 4 is 27.5 Å². The first-order valence-corrected chi connectivity index (χ1v) is 6.81. The number of hydrogen-bond acceptors (Lipinski definition) is 3. The Morgan fingerprint density at radius 1 is 1.63 bits per heavy atom. The van der Waals surface area contributed by atoms with Crippen molar-refractivity contribution in [2.24, 2.45) is 0 Å². The maximum atomic E-state index is 14.3. The number of nitrogens with zero attached hydrogens (tertiary/aromatic N) is 2. The van der Waals surface area contributed by atoms with Gasteiger partial charge in [0.25, 0.3) is 0 Å². The van der Waals surface area contributed by atoms with E-state index in [1.165, 1.54) is 0 Å². The molecule has 6 heteroatoms. The molecule has 2 rings (SSSR count). The maximum Gasteiger partial charge on any atom is 0.242 e. The normalized spacial score (nSPS) is 18.9. The predicted molar refractivity (Wildman–Crippen MR) is 73.2 cm³/mol. The van der Waals surface area contributed by atoms with E-state index in [4.69, 9.17) is 5.26 Å². The average molecular weight is 326 g/mol. The van der Waals surface area contributed by atoms with Crippen molar-refractivity contribution in [2.75, 3.05) is 18.0 Å². The van der Waals surface area contributed by atoms with Crippen molar-refractivity contribution in [3.8, 4) is 6.07 Å². The minimum atomic E-state index is -0.493. The van der Waals surface area contributed by atoms with Gasteiger partial charge in [-0.05, 0) is 34.5 Å². The largest absolute Gasteiger partial charge is 0.355 e. The number of rotatable bonds is 2. The first-order chi connectivity index (χ1) is 9.10. The van der Waals surface area contributed by atoms with E-state index in [-0.39, 0.29) is 22.0 Å². The van der Waals surface area contributed by atoms with Crippen LogP contribution in [0.25, 0.3) is 0 Å². The van der Waals surface area contributed by atoms with E-state index >= 15 is 0 Å². The van der Waals surface area contributed by atoms with Crippen LogP contribution >= 0.6 is 15.9 Å². The van der Waals surface area contributed by atoms with E-state index in [1.54, 1.807) is 17.0 Å². The Morgan fingerprint density at radius 3 is 3.00 bits per heavy atom. The molecule has 0 spiro atoms. The molecule has 0 bridgehead atoms. The summed E-state index contributed by atoms with van der Waals surface area (Å²) in [5.41, 5.74) is 0.600. The Balaban J connectivity index is 2.44. The lowest BCUT2D eigenvalue weighted by Gasteiger charge is -2.36. The molecule has 1 fully saturated rings. The topological polar surface area (TPSA) is 56.1 Å². The van der Waals surface area contributed by atoms with Gasteiger partial charge in [0.15, 0.2) is 5.82 Å². The van der Waals surface area contributed by atoms with E-state index in [0.717, 1.165) is 0 Å². The minimum absolute atomic E-state index is 0.0892. The van der Waals surface area contributed by atoms with Gasteiger partial charge >= 0.3 is 0 Å². The summed E-state index contributed by atoms with van der Waals surface area (Å²) < 4.78 is 14.4. The summed E-state index contributed by atoms with van der Waals surface area (Å²) in [5.74, 6) is -0.583. The molecular formula is C13H13BrFN3O. The zero-order valence-corrected chi connectivity index (χ0v) is 12.0. The number of piperazine rings is 1. The Kier molecular flexibility index (Phi) is 4.05. The summed E-state index contributed by atoms with van der Waals surface area (Å²) in [4.78, 5) is 13.5. The highest BCUT2D eigenvalue weighted by Gasteiger charge is 2.30. The van der Waals surface area contributed by atoms with E-state index in [0.29, 0.717) is 25.2 Å². The van der Waals surface area contributed by atoms with Crippen LogP contribution in [-0.4, -0.2) is 25.0 Å². The van der Waals surface area contributed by atoms with Crippen molar-refractivity contribution in [1.29, 1.82) is 5.26 Å². The van der Waals surface area contributed by atoms with Crippen molar-refractivity contribution < 1.29 is 9.18 Å². The highest BCUT2D eigenvalue weighted by molar-refractivity contribution is 9.10. The summed E-state index contributed by atoms with van der Waals surface area (Å²) in [6.07, 6.45) is 0.600. The van der Waals surface area contributed by atoms with E-state index in [9.17, 15) is 9.18 Å². The fourth-order valence-electron chi connectivity index (χ4n) is 2.26. The average Bonchev–Trinajstić information content (AvgIpc) is 2.41. The third kappa shape index (κ3) is 2.43. The smallest absolute Gasteiger partial charge is 0.242 e. The van der Waals surface area contributed by atoms with Crippen molar-refractivity contribution in [1.82, 2.24) is 5.32 Å². The van der Waals surface area contributed by atoms with E-state index in [2.05, 4.69) is 21.2 Å². The van der Waals surface area contributed by atoms with Gasteiger partial charge in [-0.3, -0.25) is 4.79 Å². The van der Waals surface area contributed by atoms with Gasteiger partial charge in [-0.25, -0.2) is 4.39 Å². The number of carbonyl (C=O) groups excluding carboxylic acids is 1. The molecule has 1 atom stereocenters. The third-order valence-electron chi connectivity index (χ3n) is 3.21. The fraction of sp³-hybridized carbons (Fsp3) is 0.385. The van der Waals surface area contributed by atoms with Crippen molar-refractivity contribution in [3.63, 3.8) is 0 Å². The number of nitrogens with one attached hydrogen (secondary N) is 1. The molecule has 0 radical (unpaired) electrons. The number of nitriles is 1. The van der Waals surface area contributed by atoms with Gasteiger partial charge in [0, 0.05) is 13.1 Å². The molecule has 1 aromatic rings. The molecule has 1 saturated heterocycles. The second-order valence-corrected chi connectivity index (χ2v) is 5.07. The van der Waals surface area contributed by atoms with Gasteiger partial charge in [0.2, 0.25) is 5.91 Å². The van der Waals surface area contributed by atoms with Crippen LogP contribution < -0.4 is 10.2 Å². The molecular weight excluding hydrogens is 313 g/mol. The van der Waals surface area contributed by atoms with Crippen molar-refractivity contribution in [2.45, 2.75) is 19.4 Å². The van der Waals surface area contributed by atoms with Crippen LogP contribution in [-0.2, 0) is 4.79 Å². The number of hydrogen-bond donors (Lipinski definition) is 1. The van der Waals surface area contributed by atoms with Gasteiger partial charge in [0.1, 0.15) is 12.1 Å². The van der Waals surface area contributed by atoms with Gasteiger partial charge in [-0.2, -0.15) is 5.26 Å². The van der Waals surface area contributed by atoms with Gasteiger partial charge in [-0.1, -0.05) is 6.92 Å². The molecule has 1 heterocycles. The van der Waals surface area contributed by atoms with Gasteiger partial charge in [-0.15, -0.1) is 0 Å². The second kappa shape index (κ2) is 5.57. The van der Waals surface area contributed by atoms with E-state index < -0.39 is 5.82 Å². The monoisotopic (exact) mass is 325 g/mol. The number of benzene rings is 1. The number of carbonyl (C=O) groups is 1. The van der Waals surface area contributed by atoms with Crippen LogP contribution in [0.1, 0.15) is 18.9 Å². The van der Waals surface area contributed by atoms with Gasteiger partial charge < -0.3 is 10.2 Å². The SMILES string of the molecule is CCC1C(=O)NCCN1c1ccc(C#N)c(Br)c1F. The highest BCUT2D eigenvalue weighted by Crippen LogP contribution is 2.31. The Hall–Kier alpha value is -1.61. The van der Waals surface area contributed by atoms with Crippen LogP contribution in [0.15, 0.2) is 16.6 Å². The molecule has 0 aromatic heterocycles. The number of halogens is 2. The summed E-state index contributed by atoms with van der Waals surface area (Å²) in [7, 11) is 0. The molecule has 4 nitrogen and oxygen atoms in total. The first kappa shape index (κ1) is 13.8. The summed E-state index contributed by atoms with van der Waals surface area (Å²) >= 11 is 3.09. The third-order valence-corrected chi connectivity index (χ3v) is 3.98. The maximum absolute atomic E-state index is 14.3. The molecule has 1 amide bonds. The molecule has 1 aliphatic heterocycles. The van der Waals surface area contributed by atoms with Crippen LogP contribution in [0.3, 0.4) is 0 Å². The summed E-state index contributed by atoms with van der Waals surface area (Å²) in [6.45, 7) is 2.94. The molecule has 1 N–H and O–H groups in total.